The van der Waals surface area contributed by atoms with Gasteiger partial charge in [-0.3, -0.25) is 9.59 Å². The first-order valence-electron chi connectivity index (χ1n) is 9.29. The molecule has 1 aliphatic rings. The Labute approximate surface area is 160 Å². The molecule has 2 amide bonds. The second-order valence-corrected chi connectivity index (χ2v) is 7.45. The van der Waals surface area contributed by atoms with E-state index in [1.54, 1.807) is 11.0 Å². The molecule has 0 aliphatic carbocycles. The fourth-order valence-corrected chi connectivity index (χ4v) is 2.94. The van der Waals surface area contributed by atoms with E-state index < -0.39 is 0 Å². The van der Waals surface area contributed by atoms with Crippen molar-refractivity contribution in [3.63, 3.8) is 0 Å². The molecule has 0 bridgehead atoms. The maximum atomic E-state index is 12.5. The molecule has 2 aromatic carbocycles. The van der Waals surface area contributed by atoms with Crippen molar-refractivity contribution in [2.24, 2.45) is 5.92 Å². The molecule has 2 aromatic rings. The van der Waals surface area contributed by atoms with Crippen LogP contribution in [0.15, 0.2) is 42.5 Å². The highest BCUT2D eigenvalue weighted by Gasteiger charge is 2.26. The number of hydrogen-bond donors (Lipinski definition) is 1. The largest absolute Gasteiger partial charge is 0.482 e. The van der Waals surface area contributed by atoms with E-state index in [1.807, 2.05) is 50.2 Å². The van der Waals surface area contributed by atoms with E-state index in [4.69, 9.17) is 4.74 Å². The third-order valence-electron chi connectivity index (χ3n) is 4.95. The van der Waals surface area contributed by atoms with E-state index in [0.717, 1.165) is 16.8 Å². The lowest BCUT2D eigenvalue weighted by molar-refractivity contribution is -0.121. The summed E-state index contributed by atoms with van der Waals surface area (Å²) < 4.78 is 5.53. The van der Waals surface area contributed by atoms with Crippen molar-refractivity contribution in [2.75, 3.05) is 11.5 Å². The van der Waals surface area contributed by atoms with Crippen LogP contribution in [0.3, 0.4) is 0 Å². The van der Waals surface area contributed by atoms with Crippen LogP contribution in [-0.2, 0) is 11.3 Å². The van der Waals surface area contributed by atoms with Gasteiger partial charge in [0.2, 0.25) is 0 Å². The summed E-state index contributed by atoms with van der Waals surface area (Å²) in [6.45, 7) is 8.56. The predicted molar refractivity (Wildman–Crippen MR) is 106 cm³/mol. The monoisotopic (exact) mass is 366 g/mol. The standard InChI is InChI=1S/C22H26N2O3/c1-14(2)16(4)23-22(26)18-7-5-6-17(11-18)12-24-19-10-15(3)8-9-20(19)27-13-21(24)25/h5-11,14,16H,12-13H2,1-4H3,(H,23,26)/t16-/m0/s1. The zero-order valence-electron chi connectivity index (χ0n) is 16.3. The summed E-state index contributed by atoms with van der Waals surface area (Å²) in [5.41, 5.74) is 3.34. The van der Waals surface area contributed by atoms with Crippen molar-refractivity contribution in [2.45, 2.75) is 40.3 Å². The maximum Gasteiger partial charge on any atom is 0.265 e. The summed E-state index contributed by atoms with van der Waals surface area (Å²) in [6.07, 6.45) is 0. The van der Waals surface area contributed by atoms with Gasteiger partial charge in [0.1, 0.15) is 5.75 Å². The smallest absolute Gasteiger partial charge is 0.265 e. The molecule has 1 heterocycles. The topological polar surface area (TPSA) is 58.6 Å². The van der Waals surface area contributed by atoms with Gasteiger partial charge in [0.15, 0.2) is 6.61 Å². The molecular formula is C22H26N2O3. The van der Waals surface area contributed by atoms with Gasteiger partial charge in [-0.1, -0.05) is 32.0 Å². The first-order valence-corrected chi connectivity index (χ1v) is 9.29. The minimum Gasteiger partial charge on any atom is -0.482 e. The van der Waals surface area contributed by atoms with Crippen LogP contribution in [-0.4, -0.2) is 24.5 Å². The van der Waals surface area contributed by atoms with Crippen molar-refractivity contribution in [3.8, 4) is 5.75 Å². The average Bonchev–Trinajstić information content (AvgIpc) is 2.64. The third kappa shape index (κ3) is 4.30. The van der Waals surface area contributed by atoms with Crippen molar-refractivity contribution in [3.05, 3.63) is 59.2 Å². The molecule has 0 saturated carbocycles. The zero-order chi connectivity index (χ0) is 19.6. The highest BCUT2D eigenvalue weighted by Crippen LogP contribution is 2.33. The molecule has 27 heavy (non-hydrogen) atoms. The van der Waals surface area contributed by atoms with Crippen LogP contribution < -0.4 is 15.0 Å². The molecule has 1 atom stereocenters. The lowest BCUT2D eigenvalue weighted by Gasteiger charge is -2.30. The van der Waals surface area contributed by atoms with Gasteiger partial charge >= 0.3 is 0 Å². The number of nitrogens with zero attached hydrogens (tertiary/aromatic N) is 1. The van der Waals surface area contributed by atoms with Crippen LogP contribution in [0.1, 0.15) is 42.3 Å². The molecule has 0 spiro atoms. The molecule has 5 nitrogen and oxygen atoms in total. The quantitative estimate of drug-likeness (QED) is 0.878. The second-order valence-electron chi connectivity index (χ2n) is 7.45. The van der Waals surface area contributed by atoms with Crippen molar-refractivity contribution < 1.29 is 14.3 Å². The van der Waals surface area contributed by atoms with E-state index in [9.17, 15) is 9.59 Å². The summed E-state index contributed by atoms with van der Waals surface area (Å²) in [6, 6.07) is 13.3. The maximum absolute atomic E-state index is 12.5. The highest BCUT2D eigenvalue weighted by atomic mass is 16.5. The lowest BCUT2D eigenvalue weighted by Crippen LogP contribution is -2.38. The normalized spacial score (nSPS) is 14.6. The number of carbonyl (C=O) groups excluding carboxylic acids is 2. The Kier molecular flexibility index (Phi) is 5.49. The van der Waals surface area contributed by atoms with Gasteiger partial charge < -0.3 is 15.0 Å². The second kappa shape index (κ2) is 7.82. The number of benzene rings is 2. The number of rotatable bonds is 5. The number of fused-ring (bicyclic) bond motifs is 1. The minimum absolute atomic E-state index is 0.0299. The summed E-state index contributed by atoms with van der Waals surface area (Å²) in [5, 5.41) is 3.02. The first-order chi connectivity index (χ1) is 12.8. The van der Waals surface area contributed by atoms with Gasteiger partial charge in [-0.15, -0.1) is 0 Å². The Bertz CT molecular complexity index is 860. The number of hydrogen-bond acceptors (Lipinski definition) is 3. The van der Waals surface area contributed by atoms with Crippen LogP contribution in [0.25, 0.3) is 0 Å². The van der Waals surface area contributed by atoms with Gasteiger partial charge in [0.05, 0.1) is 12.2 Å². The molecule has 1 aliphatic heterocycles. The SMILES string of the molecule is Cc1ccc2c(c1)N(Cc1cccc(C(=O)N[C@@H](C)C(C)C)c1)C(=O)CO2. The van der Waals surface area contributed by atoms with Crippen LogP contribution in [0.2, 0.25) is 0 Å². The van der Waals surface area contributed by atoms with Gasteiger partial charge in [0, 0.05) is 11.6 Å². The number of ether oxygens (including phenoxy) is 1. The molecule has 0 unspecified atom stereocenters. The van der Waals surface area contributed by atoms with Gasteiger partial charge in [-0.25, -0.2) is 0 Å². The van der Waals surface area contributed by atoms with Crippen LogP contribution in [0.4, 0.5) is 5.69 Å². The fraction of sp³-hybridized carbons (Fsp3) is 0.364. The summed E-state index contributed by atoms with van der Waals surface area (Å²) >= 11 is 0. The van der Waals surface area contributed by atoms with E-state index >= 15 is 0 Å². The van der Waals surface area contributed by atoms with Gasteiger partial charge in [-0.05, 0) is 55.2 Å². The minimum atomic E-state index is -0.0948. The summed E-state index contributed by atoms with van der Waals surface area (Å²) in [5.74, 6) is 0.890. The highest BCUT2D eigenvalue weighted by molar-refractivity contribution is 5.98. The molecular weight excluding hydrogens is 340 g/mol. The number of anilines is 1. The van der Waals surface area contributed by atoms with Crippen molar-refractivity contribution >= 4 is 17.5 Å². The van der Waals surface area contributed by atoms with Crippen molar-refractivity contribution in [1.82, 2.24) is 5.32 Å². The van der Waals surface area contributed by atoms with E-state index in [1.165, 1.54) is 0 Å². The fourth-order valence-electron chi connectivity index (χ4n) is 2.94. The molecule has 0 radical (unpaired) electrons. The number of carbonyl (C=O) groups is 2. The van der Waals surface area contributed by atoms with Crippen LogP contribution >= 0.6 is 0 Å². The first kappa shape index (κ1) is 19.0. The average molecular weight is 366 g/mol. The molecule has 3 rings (SSSR count). The molecule has 1 N–H and O–H groups in total. The van der Waals surface area contributed by atoms with E-state index in [-0.39, 0.29) is 24.5 Å². The van der Waals surface area contributed by atoms with E-state index in [2.05, 4.69) is 19.2 Å². The Morgan fingerprint density at radius 3 is 2.70 bits per heavy atom. The number of aryl methyl sites for hydroxylation is 1. The van der Waals surface area contributed by atoms with E-state index in [0.29, 0.717) is 23.8 Å². The number of amides is 2. The van der Waals surface area contributed by atoms with Crippen LogP contribution in [0, 0.1) is 12.8 Å². The molecule has 0 aromatic heterocycles. The van der Waals surface area contributed by atoms with Crippen molar-refractivity contribution in [1.29, 1.82) is 0 Å². The summed E-state index contributed by atoms with van der Waals surface area (Å²) in [4.78, 5) is 26.7. The molecule has 5 heteroatoms. The molecule has 0 fully saturated rings. The third-order valence-corrected chi connectivity index (χ3v) is 4.95. The van der Waals surface area contributed by atoms with Gasteiger partial charge in [-0.2, -0.15) is 0 Å². The molecule has 142 valence electrons. The Morgan fingerprint density at radius 1 is 1.19 bits per heavy atom. The molecule has 0 saturated heterocycles. The zero-order valence-corrected chi connectivity index (χ0v) is 16.3. The number of nitrogens with one attached hydrogen (secondary N) is 1. The predicted octanol–water partition coefficient (Wildman–Crippen LogP) is 3.69. The lowest BCUT2D eigenvalue weighted by atomic mass is 10.0. The summed E-state index contributed by atoms with van der Waals surface area (Å²) in [7, 11) is 0. The Balaban J connectivity index is 1.82. The Hall–Kier alpha value is -2.82. The van der Waals surface area contributed by atoms with Crippen LogP contribution in [0.5, 0.6) is 5.75 Å². The Morgan fingerprint density at radius 2 is 1.96 bits per heavy atom. The van der Waals surface area contributed by atoms with Gasteiger partial charge in [0.25, 0.3) is 11.8 Å².